The third-order valence-corrected chi connectivity index (χ3v) is 4.22. The van der Waals surface area contributed by atoms with Gasteiger partial charge in [0, 0.05) is 22.4 Å². The lowest BCUT2D eigenvalue weighted by atomic mass is 9.89. The smallest absolute Gasteiger partial charge is 0.193 e. The number of hydrogen-bond acceptors (Lipinski definition) is 3. The fraction of sp³-hybridized carbons (Fsp3) is 0.158. The van der Waals surface area contributed by atoms with Crippen molar-refractivity contribution in [2.24, 2.45) is 0 Å². The highest BCUT2D eigenvalue weighted by molar-refractivity contribution is 7.80. The summed E-state index contributed by atoms with van der Waals surface area (Å²) in [4.78, 5) is 13.1. The minimum Gasteiger partial charge on any atom is -0.496 e. The Kier molecular flexibility index (Phi) is 4.62. The molecule has 0 aromatic heterocycles. The van der Waals surface area contributed by atoms with E-state index in [2.05, 4.69) is 10.6 Å². The monoisotopic (exact) mass is 338 g/mol. The Balaban J connectivity index is 2.11. The summed E-state index contributed by atoms with van der Waals surface area (Å²) in [5.74, 6) is 0.678. The Morgan fingerprint density at radius 3 is 2.46 bits per heavy atom. The van der Waals surface area contributed by atoms with E-state index in [0.717, 1.165) is 11.3 Å². The van der Waals surface area contributed by atoms with Gasteiger partial charge in [0.2, 0.25) is 0 Å². The fourth-order valence-corrected chi connectivity index (χ4v) is 3.15. The Labute approximate surface area is 146 Å². The lowest BCUT2D eigenvalue weighted by molar-refractivity contribution is 0.102. The van der Waals surface area contributed by atoms with Crippen molar-refractivity contribution >= 4 is 23.1 Å². The first kappa shape index (κ1) is 16.2. The van der Waals surface area contributed by atoms with Gasteiger partial charge in [0.1, 0.15) is 5.75 Å². The van der Waals surface area contributed by atoms with Crippen molar-refractivity contribution in [1.29, 1.82) is 0 Å². The first-order chi connectivity index (χ1) is 11.6. The quantitative estimate of drug-likeness (QED) is 0.661. The number of Topliss-reactive ketones (excluding diaryl/α,β-unsaturated/α-hetero) is 1. The number of benzene rings is 2. The van der Waals surface area contributed by atoms with E-state index in [1.165, 1.54) is 0 Å². The zero-order valence-electron chi connectivity index (χ0n) is 13.5. The van der Waals surface area contributed by atoms with Crippen LogP contribution in [0.1, 0.15) is 28.9 Å². The fourth-order valence-electron chi connectivity index (χ4n) is 2.88. The molecule has 1 aliphatic heterocycles. The van der Waals surface area contributed by atoms with E-state index in [9.17, 15) is 4.79 Å². The number of nitrogens with one attached hydrogen (secondary N) is 2. The highest BCUT2D eigenvalue weighted by atomic mass is 32.1. The molecule has 0 aliphatic carbocycles. The minimum absolute atomic E-state index is 0.0356. The molecule has 0 spiro atoms. The Hall–Kier alpha value is -2.66. The number of hydrogen-bond donors (Lipinski definition) is 2. The number of ether oxygens (including phenoxy) is 1. The van der Waals surface area contributed by atoms with Gasteiger partial charge in [-0.3, -0.25) is 4.79 Å². The van der Waals surface area contributed by atoms with Crippen LogP contribution in [0.25, 0.3) is 0 Å². The van der Waals surface area contributed by atoms with Crippen LogP contribution >= 0.6 is 12.2 Å². The molecule has 2 aromatic rings. The molecule has 0 amide bonds. The van der Waals surface area contributed by atoms with Crippen molar-refractivity contribution in [3.8, 4) is 5.75 Å². The number of thiocarbonyl (C=S) groups is 1. The predicted octanol–water partition coefficient (Wildman–Crippen LogP) is 3.37. The van der Waals surface area contributed by atoms with E-state index < -0.39 is 0 Å². The number of methoxy groups -OCH3 is 1. The molecule has 0 unspecified atom stereocenters. The van der Waals surface area contributed by atoms with Crippen molar-refractivity contribution < 1.29 is 9.53 Å². The molecule has 3 rings (SSSR count). The standard InChI is InChI=1S/C19H18N2O2S/c1-12-16(18(22)13-8-4-3-5-9-13)17(21-19(24)20-12)14-10-6-7-11-15(14)23-2/h3-11,17H,1-2H3,(H2,20,21,24)/t17-/m0/s1. The van der Waals surface area contributed by atoms with Gasteiger partial charge in [-0.15, -0.1) is 0 Å². The van der Waals surface area contributed by atoms with Crippen LogP contribution in [-0.4, -0.2) is 18.0 Å². The van der Waals surface area contributed by atoms with Gasteiger partial charge in [-0.2, -0.15) is 0 Å². The normalized spacial score (nSPS) is 17.1. The number of carbonyl (C=O) groups is 1. The number of ketones is 1. The van der Waals surface area contributed by atoms with Gasteiger partial charge in [-0.05, 0) is 25.2 Å². The van der Waals surface area contributed by atoms with E-state index in [4.69, 9.17) is 17.0 Å². The van der Waals surface area contributed by atoms with Crippen LogP contribution < -0.4 is 15.4 Å². The molecule has 0 fully saturated rings. The highest BCUT2D eigenvalue weighted by Crippen LogP contribution is 2.34. The third kappa shape index (κ3) is 3.03. The molecule has 2 N–H and O–H groups in total. The molecule has 1 atom stereocenters. The highest BCUT2D eigenvalue weighted by Gasteiger charge is 2.31. The van der Waals surface area contributed by atoms with Crippen molar-refractivity contribution in [1.82, 2.24) is 10.6 Å². The largest absolute Gasteiger partial charge is 0.496 e. The molecular formula is C19H18N2O2S. The Morgan fingerprint density at radius 1 is 1.08 bits per heavy atom. The third-order valence-electron chi connectivity index (χ3n) is 4.00. The zero-order valence-corrected chi connectivity index (χ0v) is 14.3. The van der Waals surface area contributed by atoms with Gasteiger partial charge in [-0.25, -0.2) is 0 Å². The molecule has 24 heavy (non-hydrogen) atoms. The van der Waals surface area contributed by atoms with Crippen LogP contribution in [0.3, 0.4) is 0 Å². The molecule has 0 saturated heterocycles. The lowest BCUT2D eigenvalue weighted by Crippen LogP contribution is -2.45. The molecule has 1 heterocycles. The van der Waals surface area contributed by atoms with E-state index in [0.29, 0.717) is 22.0 Å². The average molecular weight is 338 g/mol. The summed E-state index contributed by atoms with van der Waals surface area (Å²) in [6.07, 6.45) is 0. The van der Waals surface area contributed by atoms with Gasteiger partial charge < -0.3 is 15.4 Å². The number of carbonyl (C=O) groups excluding carboxylic acids is 1. The second-order valence-corrected chi connectivity index (χ2v) is 5.92. The molecule has 0 saturated carbocycles. The molecule has 5 heteroatoms. The van der Waals surface area contributed by atoms with Gasteiger partial charge in [0.25, 0.3) is 0 Å². The van der Waals surface area contributed by atoms with Crippen molar-refractivity contribution in [2.45, 2.75) is 13.0 Å². The number of rotatable bonds is 4. The predicted molar refractivity (Wildman–Crippen MR) is 98.1 cm³/mol. The minimum atomic E-state index is -0.359. The van der Waals surface area contributed by atoms with Crippen LogP contribution in [0, 0.1) is 0 Å². The van der Waals surface area contributed by atoms with Crippen molar-refractivity contribution in [2.75, 3.05) is 7.11 Å². The summed E-state index contributed by atoms with van der Waals surface area (Å²) in [6.45, 7) is 1.87. The summed E-state index contributed by atoms with van der Waals surface area (Å²) in [6, 6.07) is 16.5. The maximum Gasteiger partial charge on any atom is 0.193 e. The second-order valence-electron chi connectivity index (χ2n) is 5.51. The molecule has 2 aromatic carbocycles. The Morgan fingerprint density at radius 2 is 1.75 bits per heavy atom. The van der Waals surface area contributed by atoms with Gasteiger partial charge >= 0.3 is 0 Å². The van der Waals surface area contributed by atoms with Crippen LogP contribution in [0.4, 0.5) is 0 Å². The molecular weight excluding hydrogens is 320 g/mol. The average Bonchev–Trinajstić information content (AvgIpc) is 2.61. The van der Waals surface area contributed by atoms with Crippen molar-refractivity contribution in [3.05, 3.63) is 77.0 Å². The van der Waals surface area contributed by atoms with Gasteiger partial charge in [0.15, 0.2) is 10.9 Å². The van der Waals surface area contributed by atoms with Crippen LogP contribution in [0.5, 0.6) is 5.75 Å². The molecule has 122 valence electrons. The molecule has 0 radical (unpaired) electrons. The summed E-state index contributed by atoms with van der Waals surface area (Å²) in [5, 5.41) is 6.75. The summed E-state index contributed by atoms with van der Waals surface area (Å²) < 4.78 is 5.47. The summed E-state index contributed by atoms with van der Waals surface area (Å²) in [5.41, 5.74) is 2.91. The summed E-state index contributed by atoms with van der Waals surface area (Å²) in [7, 11) is 1.62. The Bertz CT molecular complexity index is 815. The van der Waals surface area contributed by atoms with Gasteiger partial charge in [0.05, 0.1) is 13.2 Å². The lowest BCUT2D eigenvalue weighted by Gasteiger charge is -2.31. The van der Waals surface area contributed by atoms with E-state index in [1.54, 1.807) is 7.11 Å². The SMILES string of the molecule is COc1ccccc1[C@@H]1NC(=S)NC(C)=C1C(=O)c1ccccc1. The number of allylic oxidation sites excluding steroid dienone is 1. The molecule has 1 aliphatic rings. The van der Waals surface area contributed by atoms with Crippen LogP contribution in [0.2, 0.25) is 0 Å². The topological polar surface area (TPSA) is 50.4 Å². The van der Waals surface area contributed by atoms with Crippen molar-refractivity contribution in [3.63, 3.8) is 0 Å². The molecule has 4 nitrogen and oxygen atoms in total. The van der Waals surface area contributed by atoms with Crippen LogP contribution in [-0.2, 0) is 0 Å². The van der Waals surface area contributed by atoms with E-state index in [1.807, 2.05) is 61.5 Å². The number of para-hydroxylation sites is 1. The zero-order chi connectivity index (χ0) is 17.1. The molecule has 0 bridgehead atoms. The van der Waals surface area contributed by atoms with Crippen LogP contribution in [0.15, 0.2) is 65.9 Å². The first-order valence-electron chi connectivity index (χ1n) is 7.62. The first-order valence-corrected chi connectivity index (χ1v) is 8.03. The van der Waals surface area contributed by atoms with E-state index >= 15 is 0 Å². The maximum atomic E-state index is 13.1. The maximum absolute atomic E-state index is 13.1. The second kappa shape index (κ2) is 6.84. The van der Waals surface area contributed by atoms with E-state index in [-0.39, 0.29) is 11.8 Å². The van der Waals surface area contributed by atoms with Gasteiger partial charge in [-0.1, -0.05) is 48.5 Å². The summed E-state index contributed by atoms with van der Waals surface area (Å²) >= 11 is 5.29.